The molecule has 2 aliphatic carbocycles. The van der Waals surface area contributed by atoms with E-state index in [0.717, 1.165) is 25.7 Å². The van der Waals surface area contributed by atoms with Crippen LogP contribution in [-0.2, 0) is 51.4 Å². The summed E-state index contributed by atoms with van der Waals surface area (Å²) in [6.45, 7) is 18.8. The van der Waals surface area contributed by atoms with Gasteiger partial charge in [-0.2, -0.15) is 0 Å². The maximum Gasteiger partial charge on any atom is -0.147 e. The molecule has 240 valence electrons. The number of rotatable bonds is 6. The van der Waals surface area contributed by atoms with Crippen LogP contribution >= 0.6 is 24.8 Å². The smallest absolute Gasteiger partial charge is 0.147 e. The summed E-state index contributed by atoms with van der Waals surface area (Å²) in [5.74, 6) is 0. The molecular formula is C43H50Cl2Zr. The molecule has 0 radical (unpaired) electrons. The molecular weight excluding hydrogens is 679 g/mol. The summed E-state index contributed by atoms with van der Waals surface area (Å²) in [6.07, 6.45) is 11.5. The molecule has 0 aromatic heterocycles. The van der Waals surface area contributed by atoms with Crippen molar-refractivity contribution >= 4 is 31.3 Å². The van der Waals surface area contributed by atoms with Crippen molar-refractivity contribution in [1.29, 1.82) is 0 Å². The fourth-order valence-corrected chi connectivity index (χ4v) is 15.1. The molecule has 0 saturated carbocycles. The summed E-state index contributed by atoms with van der Waals surface area (Å²) in [6, 6.07) is 30.7. The predicted molar refractivity (Wildman–Crippen MR) is 203 cm³/mol. The molecule has 2 aliphatic rings. The van der Waals surface area contributed by atoms with E-state index < -0.39 is 21.3 Å². The Morgan fingerprint density at radius 1 is 0.674 bits per heavy atom. The molecule has 0 spiro atoms. The number of halogens is 2. The zero-order chi connectivity index (χ0) is 31.2. The molecule has 0 N–H and O–H groups in total. The first-order valence-electron chi connectivity index (χ1n) is 16.4. The first kappa shape index (κ1) is 36.5. The van der Waals surface area contributed by atoms with Gasteiger partial charge in [-0.15, -0.1) is 24.8 Å². The van der Waals surface area contributed by atoms with Crippen molar-refractivity contribution in [3.05, 3.63) is 145 Å². The third kappa shape index (κ3) is 7.54. The number of aryl methyl sites for hydroxylation is 2. The molecule has 0 unspecified atom stereocenters. The Morgan fingerprint density at radius 3 is 1.76 bits per heavy atom. The van der Waals surface area contributed by atoms with Crippen molar-refractivity contribution in [3.8, 4) is 11.1 Å². The maximum atomic E-state index is 2.68. The molecule has 4 aromatic rings. The van der Waals surface area contributed by atoms with Gasteiger partial charge in [-0.25, -0.2) is 0 Å². The van der Waals surface area contributed by atoms with Crippen LogP contribution in [0, 0.1) is 13.8 Å². The van der Waals surface area contributed by atoms with Gasteiger partial charge < -0.3 is 0 Å². The number of benzene rings is 4. The molecule has 3 heteroatoms. The van der Waals surface area contributed by atoms with Crippen molar-refractivity contribution in [3.63, 3.8) is 0 Å². The largest absolute Gasteiger partial charge is 0.147 e. The SMILES string of the molecule is Cc1ccccc1C[C](Cc1ccccc1C)=[Zr]([C]1=CC=CC1)[c]1cc(C(C)(C)C)cc2c1Cc1ccc(C(C)(C)C)cc1-2.Cl.Cl. The average molecular weight is 729 g/mol. The summed E-state index contributed by atoms with van der Waals surface area (Å²) in [4.78, 5) is 0. The van der Waals surface area contributed by atoms with Crippen LogP contribution in [0.15, 0.2) is 100 Å². The van der Waals surface area contributed by atoms with E-state index in [-0.39, 0.29) is 35.6 Å². The van der Waals surface area contributed by atoms with Gasteiger partial charge in [0.15, 0.2) is 0 Å². The summed E-state index contributed by atoms with van der Waals surface area (Å²) in [5.41, 5.74) is 15.0. The Kier molecular flexibility index (Phi) is 11.5. The van der Waals surface area contributed by atoms with E-state index in [4.69, 9.17) is 0 Å². The van der Waals surface area contributed by atoms with Gasteiger partial charge in [-0.3, -0.25) is 0 Å². The van der Waals surface area contributed by atoms with Crippen LogP contribution in [-0.4, -0.2) is 3.21 Å². The first-order chi connectivity index (χ1) is 20.9. The van der Waals surface area contributed by atoms with E-state index in [9.17, 15) is 0 Å². The summed E-state index contributed by atoms with van der Waals surface area (Å²) in [7, 11) is 0. The van der Waals surface area contributed by atoms with Gasteiger partial charge in [0.25, 0.3) is 0 Å². The number of fused-ring (bicyclic) bond motifs is 3. The van der Waals surface area contributed by atoms with Gasteiger partial charge in [0, 0.05) is 0 Å². The molecule has 0 atom stereocenters. The minimum absolute atomic E-state index is 0. The third-order valence-electron chi connectivity index (χ3n) is 9.79. The minimum atomic E-state index is -2.58. The zero-order valence-electron chi connectivity index (χ0n) is 28.9. The van der Waals surface area contributed by atoms with Gasteiger partial charge in [0.05, 0.1) is 0 Å². The predicted octanol–water partition coefficient (Wildman–Crippen LogP) is 11.1. The summed E-state index contributed by atoms with van der Waals surface area (Å²) >= 11 is -2.58. The zero-order valence-corrected chi connectivity index (χ0v) is 33.0. The van der Waals surface area contributed by atoms with E-state index in [2.05, 4.69) is 152 Å². The van der Waals surface area contributed by atoms with Gasteiger partial charge >= 0.3 is 276 Å². The molecule has 0 saturated heterocycles. The van der Waals surface area contributed by atoms with E-state index in [0.29, 0.717) is 0 Å². The Morgan fingerprint density at radius 2 is 1.24 bits per heavy atom. The second kappa shape index (κ2) is 14.4. The first-order valence-corrected chi connectivity index (χ1v) is 20.1. The van der Waals surface area contributed by atoms with Gasteiger partial charge in [-0.1, -0.05) is 0 Å². The molecule has 0 heterocycles. The van der Waals surface area contributed by atoms with Crippen LogP contribution in [0.2, 0.25) is 0 Å². The van der Waals surface area contributed by atoms with Crippen LogP contribution < -0.4 is 3.27 Å². The second-order valence-electron chi connectivity index (χ2n) is 15.1. The van der Waals surface area contributed by atoms with Crippen molar-refractivity contribution in [2.24, 2.45) is 0 Å². The van der Waals surface area contributed by atoms with Gasteiger partial charge in [0.2, 0.25) is 0 Å². The van der Waals surface area contributed by atoms with Crippen molar-refractivity contribution < 1.29 is 21.3 Å². The summed E-state index contributed by atoms with van der Waals surface area (Å²) < 4.78 is 5.24. The van der Waals surface area contributed by atoms with Crippen LogP contribution in [0.25, 0.3) is 11.1 Å². The van der Waals surface area contributed by atoms with Gasteiger partial charge in [-0.05, 0) is 0 Å². The molecule has 4 aromatic carbocycles. The molecule has 0 nitrogen and oxygen atoms in total. The Balaban J connectivity index is 0.00000240. The normalized spacial score (nSPS) is 13.3. The van der Waals surface area contributed by atoms with Crippen LogP contribution in [0.1, 0.15) is 92.5 Å². The minimum Gasteiger partial charge on any atom is -0.147 e. The van der Waals surface area contributed by atoms with Crippen LogP contribution in [0.5, 0.6) is 0 Å². The standard InChI is InChI=1S/C21H25.C17H18.C5H5.2ClH.Zr/c1-20(2,3)16-9-7-14-11-15-8-10-17(21(4,5)6)13-19(15)18(14)12-16;1-14-8-3-5-10-16(14)12-7-13-17-11-6-4-9-15(17)2;1-2-4-5-3-1;;;/h7,9-10,12-13H,11H2,1-6H3;3-6,8-11H,12-13H2,1-2H3;1-3H,4H2;2*1H;. The second-order valence-corrected chi connectivity index (χ2v) is 21.6. The molecule has 0 fully saturated rings. The Bertz CT molecular complexity index is 1790. The fraction of sp³-hybridized carbons (Fsp3) is 0.326. The third-order valence-corrected chi connectivity index (χ3v) is 17.3. The van der Waals surface area contributed by atoms with Crippen LogP contribution in [0.3, 0.4) is 0 Å². The Hall–Kier alpha value is -2.31. The Labute approximate surface area is 298 Å². The monoisotopic (exact) mass is 726 g/mol. The quantitative estimate of drug-likeness (QED) is 0.163. The van der Waals surface area contributed by atoms with Crippen molar-refractivity contribution in [2.75, 3.05) is 0 Å². The summed E-state index contributed by atoms with van der Waals surface area (Å²) in [5, 5.41) is 0. The molecule has 0 amide bonds. The molecule has 6 rings (SSSR count). The number of hydrogen-bond acceptors (Lipinski definition) is 0. The maximum absolute atomic E-state index is 2.68. The average Bonchev–Trinajstić information content (AvgIpc) is 3.62. The van der Waals surface area contributed by atoms with Crippen LogP contribution in [0.4, 0.5) is 0 Å². The number of hydrogen-bond donors (Lipinski definition) is 0. The van der Waals surface area contributed by atoms with E-state index in [1.807, 2.05) is 0 Å². The topological polar surface area (TPSA) is 0 Å². The fourth-order valence-electron chi connectivity index (χ4n) is 6.94. The number of allylic oxidation sites excluding steroid dienone is 4. The van der Waals surface area contributed by atoms with E-state index >= 15 is 0 Å². The molecule has 0 bridgehead atoms. The van der Waals surface area contributed by atoms with Crippen molar-refractivity contribution in [1.82, 2.24) is 0 Å². The molecule has 46 heavy (non-hydrogen) atoms. The van der Waals surface area contributed by atoms with E-state index in [1.165, 1.54) is 50.1 Å². The van der Waals surface area contributed by atoms with Crippen molar-refractivity contribution in [2.45, 2.75) is 91.9 Å². The van der Waals surface area contributed by atoms with Gasteiger partial charge in [0.1, 0.15) is 0 Å². The van der Waals surface area contributed by atoms with E-state index in [1.54, 1.807) is 15.3 Å². The molecule has 0 aliphatic heterocycles.